The first-order valence-corrected chi connectivity index (χ1v) is 8.34. The van der Waals surface area contributed by atoms with E-state index >= 15 is 0 Å². The maximum Gasteiger partial charge on any atom is 0.262 e. The lowest BCUT2D eigenvalue weighted by Gasteiger charge is -2.15. The number of hydrazone groups is 1. The first-order valence-electron chi connectivity index (χ1n) is 7.97. The maximum atomic E-state index is 12.2. The van der Waals surface area contributed by atoms with Crippen molar-refractivity contribution in [3.05, 3.63) is 77.3 Å². The van der Waals surface area contributed by atoms with Crippen molar-refractivity contribution in [2.75, 3.05) is 5.32 Å². The number of carbonyl (C=O) groups excluding carboxylic acids is 1. The molecular formula is C20H18ClN3O. The molecule has 4 nitrogen and oxygen atoms in total. The smallest absolute Gasteiger partial charge is 0.262 e. The zero-order valence-electron chi connectivity index (χ0n) is 13.7. The summed E-state index contributed by atoms with van der Waals surface area (Å²) in [6, 6.07) is 20.9. The van der Waals surface area contributed by atoms with Crippen LogP contribution in [0.15, 0.2) is 71.8 Å². The minimum Gasteiger partial charge on any atom is -0.373 e. The lowest BCUT2D eigenvalue weighted by Crippen LogP contribution is -2.34. The molecule has 0 saturated carbocycles. The summed E-state index contributed by atoms with van der Waals surface area (Å²) < 4.78 is 0. The Labute approximate surface area is 151 Å². The lowest BCUT2D eigenvalue weighted by atomic mass is 10.1. The molecule has 0 saturated heterocycles. The molecule has 0 heterocycles. The van der Waals surface area contributed by atoms with Crippen molar-refractivity contribution >= 4 is 40.2 Å². The van der Waals surface area contributed by atoms with E-state index in [9.17, 15) is 4.79 Å². The molecule has 2 N–H and O–H groups in total. The number of hydrogen-bond acceptors (Lipinski definition) is 3. The van der Waals surface area contributed by atoms with E-state index in [1.54, 1.807) is 13.0 Å². The molecule has 0 radical (unpaired) electrons. The Morgan fingerprint density at radius 1 is 1.04 bits per heavy atom. The fourth-order valence-corrected chi connectivity index (χ4v) is 2.68. The first-order chi connectivity index (χ1) is 12.1. The van der Waals surface area contributed by atoms with Crippen LogP contribution >= 0.6 is 11.6 Å². The number of carbonyl (C=O) groups is 1. The summed E-state index contributed by atoms with van der Waals surface area (Å²) in [5.41, 5.74) is 4.20. The minimum absolute atomic E-state index is 0.226. The van der Waals surface area contributed by atoms with Crippen molar-refractivity contribution in [1.82, 2.24) is 5.43 Å². The molecule has 0 aliphatic heterocycles. The molecule has 3 aromatic carbocycles. The van der Waals surface area contributed by atoms with Gasteiger partial charge in [-0.3, -0.25) is 4.79 Å². The van der Waals surface area contributed by atoms with Gasteiger partial charge in [0, 0.05) is 21.7 Å². The predicted octanol–water partition coefficient (Wildman–Crippen LogP) is 4.44. The van der Waals surface area contributed by atoms with Crippen molar-refractivity contribution in [2.45, 2.75) is 13.0 Å². The summed E-state index contributed by atoms with van der Waals surface area (Å²) in [6.45, 7) is 1.79. The predicted molar refractivity (Wildman–Crippen MR) is 104 cm³/mol. The van der Waals surface area contributed by atoms with Gasteiger partial charge < -0.3 is 5.32 Å². The zero-order valence-corrected chi connectivity index (χ0v) is 14.5. The molecular weight excluding hydrogens is 334 g/mol. The largest absolute Gasteiger partial charge is 0.373 e. The average molecular weight is 352 g/mol. The van der Waals surface area contributed by atoms with Gasteiger partial charge in [-0.05, 0) is 24.4 Å². The van der Waals surface area contributed by atoms with Crippen molar-refractivity contribution in [2.24, 2.45) is 5.10 Å². The third-order valence-electron chi connectivity index (χ3n) is 3.84. The fourth-order valence-electron chi connectivity index (χ4n) is 2.49. The van der Waals surface area contributed by atoms with Crippen molar-refractivity contribution in [1.29, 1.82) is 0 Å². The summed E-state index contributed by atoms with van der Waals surface area (Å²) >= 11 is 6.05. The minimum atomic E-state index is -0.436. The number of rotatable bonds is 5. The molecule has 0 spiro atoms. The van der Waals surface area contributed by atoms with E-state index in [1.807, 2.05) is 60.7 Å². The molecule has 0 bridgehead atoms. The van der Waals surface area contributed by atoms with E-state index in [-0.39, 0.29) is 5.91 Å². The Morgan fingerprint density at radius 3 is 2.60 bits per heavy atom. The van der Waals surface area contributed by atoms with Gasteiger partial charge in [0.05, 0.1) is 6.21 Å². The van der Waals surface area contributed by atoms with Crippen molar-refractivity contribution < 1.29 is 4.79 Å². The van der Waals surface area contributed by atoms with Crippen LogP contribution in [0.4, 0.5) is 5.69 Å². The number of nitrogens with one attached hydrogen (secondary N) is 2. The van der Waals surface area contributed by atoms with Crippen LogP contribution in [0, 0.1) is 0 Å². The van der Waals surface area contributed by atoms with Crippen LogP contribution in [0.25, 0.3) is 10.8 Å². The Hall–Kier alpha value is -2.85. The fraction of sp³-hybridized carbons (Fsp3) is 0.100. The zero-order chi connectivity index (χ0) is 17.6. The number of anilines is 1. The molecule has 126 valence electrons. The first kappa shape index (κ1) is 17.0. The van der Waals surface area contributed by atoms with Crippen molar-refractivity contribution in [3.8, 4) is 0 Å². The standard InChI is InChI=1S/C20H18ClN3O/c1-14(20(25)24-22-13-16-8-3-5-11-18(16)21)23-19-12-6-9-15-7-2-4-10-17(15)19/h2-14,23H,1H3,(H,24,25)/b22-13+. The third-order valence-corrected chi connectivity index (χ3v) is 4.18. The second kappa shape index (κ2) is 7.81. The van der Waals surface area contributed by atoms with Crippen LogP contribution in [-0.2, 0) is 4.79 Å². The van der Waals surface area contributed by atoms with Gasteiger partial charge in [0.25, 0.3) is 5.91 Å². The molecule has 25 heavy (non-hydrogen) atoms. The number of hydrogen-bond donors (Lipinski definition) is 2. The van der Waals surface area contributed by atoms with Crippen LogP contribution in [-0.4, -0.2) is 18.2 Å². The Morgan fingerprint density at radius 2 is 1.76 bits per heavy atom. The molecule has 3 rings (SSSR count). The van der Waals surface area contributed by atoms with Gasteiger partial charge >= 0.3 is 0 Å². The van der Waals surface area contributed by atoms with Crippen LogP contribution < -0.4 is 10.7 Å². The average Bonchev–Trinajstić information content (AvgIpc) is 2.63. The lowest BCUT2D eigenvalue weighted by molar-refractivity contribution is -0.121. The highest BCUT2D eigenvalue weighted by atomic mass is 35.5. The summed E-state index contributed by atoms with van der Waals surface area (Å²) in [4.78, 5) is 12.2. The topological polar surface area (TPSA) is 53.5 Å². The number of halogens is 1. The van der Waals surface area contributed by atoms with E-state index in [4.69, 9.17) is 11.6 Å². The molecule has 0 aliphatic rings. The molecule has 1 amide bonds. The summed E-state index contributed by atoms with van der Waals surface area (Å²) in [6.07, 6.45) is 1.53. The molecule has 1 unspecified atom stereocenters. The van der Waals surface area contributed by atoms with Gasteiger partial charge in [-0.15, -0.1) is 0 Å². The molecule has 1 atom stereocenters. The molecule has 0 aliphatic carbocycles. The third kappa shape index (κ3) is 4.17. The van der Waals surface area contributed by atoms with Gasteiger partial charge in [0.1, 0.15) is 6.04 Å². The molecule has 5 heteroatoms. The summed E-state index contributed by atoms with van der Waals surface area (Å²) in [5, 5.41) is 9.99. The quantitative estimate of drug-likeness (QED) is 0.527. The van der Waals surface area contributed by atoms with Gasteiger partial charge in [-0.25, -0.2) is 5.43 Å². The highest BCUT2D eigenvalue weighted by Crippen LogP contribution is 2.23. The molecule has 0 aromatic heterocycles. The highest BCUT2D eigenvalue weighted by Gasteiger charge is 2.13. The Kier molecular flexibility index (Phi) is 5.31. The summed E-state index contributed by atoms with van der Waals surface area (Å²) in [7, 11) is 0. The number of nitrogens with zero attached hydrogens (tertiary/aromatic N) is 1. The second-order valence-corrected chi connectivity index (χ2v) is 6.06. The van der Waals surface area contributed by atoms with E-state index < -0.39 is 6.04 Å². The SMILES string of the molecule is CC(Nc1cccc2ccccc12)C(=O)N/N=C/c1ccccc1Cl. The van der Waals surface area contributed by atoms with E-state index in [1.165, 1.54) is 6.21 Å². The highest BCUT2D eigenvalue weighted by molar-refractivity contribution is 6.33. The van der Waals surface area contributed by atoms with E-state index in [0.29, 0.717) is 5.02 Å². The summed E-state index contributed by atoms with van der Waals surface area (Å²) in [5.74, 6) is -0.226. The van der Waals surface area contributed by atoms with Crippen LogP contribution in [0.3, 0.4) is 0 Å². The van der Waals surface area contributed by atoms with E-state index in [2.05, 4.69) is 15.8 Å². The van der Waals surface area contributed by atoms with Gasteiger partial charge in [0.15, 0.2) is 0 Å². The van der Waals surface area contributed by atoms with Crippen LogP contribution in [0.5, 0.6) is 0 Å². The maximum absolute atomic E-state index is 12.2. The van der Waals surface area contributed by atoms with Gasteiger partial charge in [0.2, 0.25) is 0 Å². The Balaban J connectivity index is 1.65. The normalized spacial score (nSPS) is 12.2. The molecule has 3 aromatic rings. The van der Waals surface area contributed by atoms with Gasteiger partial charge in [-0.1, -0.05) is 66.2 Å². The van der Waals surface area contributed by atoms with Crippen LogP contribution in [0.1, 0.15) is 12.5 Å². The Bertz CT molecular complexity index is 918. The monoisotopic (exact) mass is 351 g/mol. The molecule has 0 fully saturated rings. The number of benzene rings is 3. The van der Waals surface area contributed by atoms with Crippen molar-refractivity contribution in [3.63, 3.8) is 0 Å². The van der Waals surface area contributed by atoms with Gasteiger partial charge in [-0.2, -0.15) is 5.10 Å². The second-order valence-electron chi connectivity index (χ2n) is 5.65. The number of fused-ring (bicyclic) bond motifs is 1. The van der Waals surface area contributed by atoms with Crippen LogP contribution in [0.2, 0.25) is 5.02 Å². The number of amides is 1. The van der Waals surface area contributed by atoms with E-state index in [0.717, 1.165) is 22.0 Å².